The number of aliphatic hydroxyl groups excluding tert-OH is 1. The molecular weight excluding hydrogens is 222 g/mol. The Balaban J connectivity index is 3.26. The summed E-state index contributed by atoms with van der Waals surface area (Å²) in [7, 11) is 2.65. The molecule has 1 aromatic carbocycles. The summed E-state index contributed by atoms with van der Waals surface area (Å²) >= 11 is 0. The third-order valence-electron chi connectivity index (χ3n) is 2.36. The van der Waals surface area contributed by atoms with E-state index in [1.807, 2.05) is 6.07 Å². The van der Waals surface area contributed by atoms with Crippen LogP contribution in [0.3, 0.4) is 0 Å². The highest BCUT2D eigenvalue weighted by molar-refractivity contribution is 5.76. The van der Waals surface area contributed by atoms with Gasteiger partial charge in [0.25, 0.3) is 0 Å². The third-order valence-corrected chi connectivity index (χ3v) is 2.36. The summed E-state index contributed by atoms with van der Waals surface area (Å²) in [6, 6.07) is 4.95. The molecule has 0 bridgehead atoms. The Hall–Kier alpha value is -2.06. The summed E-state index contributed by atoms with van der Waals surface area (Å²) in [6.07, 6.45) is -1.39. The van der Waals surface area contributed by atoms with Crippen LogP contribution in [0.1, 0.15) is 22.8 Å². The molecule has 0 aliphatic carbocycles. The van der Waals surface area contributed by atoms with Crippen molar-refractivity contribution in [3.05, 3.63) is 28.8 Å². The number of carbonyl (C=O) groups is 1. The van der Waals surface area contributed by atoms with Gasteiger partial charge in [0.1, 0.15) is 11.8 Å². The van der Waals surface area contributed by atoms with Crippen molar-refractivity contribution in [2.24, 2.45) is 0 Å². The van der Waals surface area contributed by atoms with Crippen LogP contribution in [0, 0.1) is 18.3 Å². The van der Waals surface area contributed by atoms with Gasteiger partial charge in [-0.2, -0.15) is 5.26 Å². The lowest BCUT2D eigenvalue weighted by atomic mass is 10.0. The second-order valence-electron chi connectivity index (χ2n) is 3.46. The van der Waals surface area contributed by atoms with Crippen LogP contribution in [0.5, 0.6) is 5.75 Å². The zero-order valence-electron chi connectivity index (χ0n) is 9.85. The maximum atomic E-state index is 11.2. The topological polar surface area (TPSA) is 79.6 Å². The first-order valence-corrected chi connectivity index (χ1v) is 4.89. The summed E-state index contributed by atoms with van der Waals surface area (Å²) in [4.78, 5) is 11.2. The molecule has 0 aliphatic rings. The van der Waals surface area contributed by atoms with Crippen LogP contribution in [-0.2, 0) is 9.53 Å². The number of hydrogen-bond donors (Lipinski definition) is 1. The van der Waals surface area contributed by atoms with Gasteiger partial charge in [0.2, 0.25) is 0 Å². The molecule has 1 aromatic rings. The van der Waals surface area contributed by atoms with Crippen molar-refractivity contribution in [3.8, 4) is 11.8 Å². The van der Waals surface area contributed by atoms with Crippen molar-refractivity contribution in [2.75, 3.05) is 14.2 Å². The molecule has 5 heteroatoms. The second-order valence-corrected chi connectivity index (χ2v) is 3.46. The van der Waals surface area contributed by atoms with E-state index < -0.39 is 12.1 Å². The zero-order chi connectivity index (χ0) is 13.0. The number of ether oxygens (including phenoxy) is 2. The summed E-state index contributed by atoms with van der Waals surface area (Å²) in [5.74, 6) is -0.327. The number of nitriles is 1. The van der Waals surface area contributed by atoms with Crippen LogP contribution in [0.25, 0.3) is 0 Å². The molecule has 0 spiro atoms. The maximum Gasteiger partial charge on any atom is 0.339 e. The van der Waals surface area contributed by atoms with Crippen LogP contribution in [0.15, 0.2) is 12.1 Å². The number of benzene rings is 1. The van der Waals surface area contributed by atoms with E-state index >= 15 is 0 Å². The molecule has 0 aliphatic heterocycles. The molecule has 1 atom stereocenters. The van der Waals surface area contributed by atoms with E-state index in [1.54, 1.807) is 13.0 Å². The summed E-state index contributed by atoms with van der Waals surface area (Å²) in [5, 5.41) is 18.6. The first kappa shape index (κ1) is 13.0. The van der Waals surface area contributed by atoms with Gasteiger partial charge in [0, 0.05) is 0 Å². The average Bonchev–Trinajstić information content (AvgIpc) is 2.35. The number of hydrogen-bond acceptors (Lipinski definition) is 5. The molecule has 1 N–H and O–H groups in total. The largest absolute Gasteiger partial charge is 0.495 e. The fourth-order valence-electron chi connectivity index (χ4n) is 1.56. The first-order chi connectivity index (χ1) is 8.04. The molecular formula is C12H13NO4. The fraction of sp³-hybridized carbons (Fsp3) is 0.333. The standard InChI is InChI=1S/C12H13NO4/c1-7-4-8(10(14)12(15)17-3)5-9(6-13)11(7)16-2/h4-5,10,14H,1-3H3. The van der Waals surface area contributed by atoms with Crippen molar-refractivity contribution in [1.82, 2.24) is 0 Å². The molecule has 0 fully saturated rings. The lowest BCUT2D eigenvalue weighted by molar-refractivity contribution is -0.150. The summed E-state index contributed by atoms with van der Waals surface area (Å²) in [6.45, 7) is 1.73. The van der Waals surface area contributed by atoms with Crippen molar-refractivity contribution in [1.29, 1.82) is 5.26 Å². The number of aliphatic hydroxyl groups is 1. The number of carbonyl (C=O) groups excluding carboxylic acids is 1. The lowest BCUT2D eigenvalue weighted by Gasteiger charge is -2.13. The van der Waals surface area contributed by atoms with Gasteiger partial charge in [-0.1, -0.05) is 0 Å². The second kappa shape index (κ2) is 5.32. The van der Waals surface area contributed by atoms with Crippen molar-refractivity contribution in [3.63, 3.8) is 0 Å². The quantitative estimate of drug-likeness (QED) is 0.793. The van der Waals surface area contributed by atoms with Crippen LogP contribution in [0.4, 0.5) is 0 Å². The van der Waals surface area contributed by atoms with Gasteiger partial charge in [0.15, 0.2) is 6.10 Å². The number of nitrogens with zero attached hydrogens (tertiary/aromatic N) is 1. The third kappa shape index (κ3) is 2.55. The van der Waals surface area contributed by atoms with E-state index in [-0.39, 0.29) is 5.56 Å². The molecule has 0 heterocycles. The van der Waals surface area contributed by atoms with Crippen molar-refractivity contribution < 1.29 is 19.4 Å². The molecule has 0 amide bonds. The smallest absolute Gasteiger partial charge is 0.339 e. The Kier molecular flexibility index (Phi) is 4.07. The van der Waals surface area contributed by atoms with Gasteiger partial charge in [0.05, 0.1) is 19.8 Å². The average molecular weight is 235 g/mol. The van der Waals surface area contributed by atoms with E-state index in [2.05, 4.69) is 4.74 Å². The fourth-order valence-corrected chi connectivity index (χ4v) is 1.56. The number of aryl methyl sites for hydroxylation is 1. The van der Waals surface area contributed by atoms with Crippen LogP contribution in [-0.4, -0.2) is 25.3 Å². The van der Waals surface area contributed by atoms with Crippen molar-refractivity contribution >= 4 is 5.97 Å². The Morgan fingerprint density at radius 2 is 2.12 bits per heavy atom. The minimum absolute atomic E-state index is 0.269. The molecule has 90 valence electrons. The summed E-state index contributed by atoms with van der Waals surface area (Å²) < 4.78 is 9.50. The van der Waals surface area contributed by atoms with Crippen LogP contribution < -0.4 is 4.74 Å². The van der Waals surface area contributed by atoms with E-state index in [1.165, 1.54) is 20.3 Å². The van der Waals surface area contributed by atoms with E-state index in [0.29, 0.717) is 16.9 Å². The molecule has 0 saturated carbocycles. The molecule has 17 heavy (non-hydrogen) atoms. The SMILES string of the molecule is COC(=O)C(O)c1cc(C)c(OC)c(C#N)c1. The normalized spacial score (nSPS) is 11.5. The zero-order valence-corrected chi connectivity index (χ0v) is 9.85. The van der Waals surface area contributed by atoms with Gasteiger partial charge in [-0.3, -0.25) is 0 Å². The molecule has 0 aromatic heterocycles. The Bertz CT molecular complexity index is 476. The van der Waals surface area contributed by atoms with E-state index in [4.69, 9.17) is 10.00 Å². The Labute approximate surface area is 99.2 Å². The summed E-state index contributed by atoms with van der Waals surface area (Å²) in [5.41, 5.74) is 1.25. The van der Waals surface area contributed by atoms with E-state index in [9.17, 15) is 9.90 Å². The highest BCUT2D eigenvalue weighted by Gasteiger charge is 2.20. The maximum absolute atomic E-state index is 11.2. The van der Waals surface area contributed by atoms with Gasteiger partial charge >= 0.3 is 5.97 Å². The van der Waals surface area contributed by atoms with Gasteiger partial charge in [-0.25, -0.2) is 4.79 Å². The molecule has 1 unspecified atom stereocenters. The van der Waals surface area contributed by atoms with Gasteiger partial charge in [-0.15, -0.1) is 0 Å². The Morgan fingerprint density at radius 3 is 2.59 bits per heavy atom. The number of rotatable bonds is 3. The van der Waals surface area contributed by atoms with E-state index in [0.717, 1.165) is 0 Å². The number of methoxy groups -OCH3 is 2. The minimum atomic E-state index is -1.39. The highest BCUT2D eigenvalue weighted by Crippen LogP contribution is 2.27. The molecule has 0 saturated heterocycles. The molecule has 5 nitrogen and oxygen atoms in total. The monoisotopic (exact) mass is 235 g/mol. The minimum Gasteiger partial charge on any atom is -0.495 e. The predicted octanol–water partition coefficient (Wildman–Crippen LogP) is 1.08. The molecule has 0 radical (unpaired) electrons. The predicted molar refractivity (Wildman–Crippen MR) is 59.4 cm³/mol. The van der Waals surface area contributed by atoms with Crippen LogP contribution >= 0.6 is 0 Å². The van der Waals surface area contributed by atoms with Gasteiger partial charge < -0.3 is 14.6 Å². The lowest BCUT2D eigenvalue weighted by Crippen LogP contribution is -2.14. The van der Waals surface area contributed by atoms with Crippen LogP contribution in [0.2, 0.25) is 0 Å². The Morgan fingerprint density at radius 1 is 1.47 bits per heavy atom. The molecule has 1 rings (SSSR count). The first-order valence-electron chi connectivity index (χ1n) is 4.89. The van der Waals surface area contributed by atoms with Crippen molar-refractivity contribution in [2.45, 2.75) is 13.0 Å². The highest BCUT2D eigenvalue weighted by atomic mass is 16.5. The number of esters is 1. The van der Waals surface area contributed by atoms with Gasteiger partial charge in [-0.05, 0) is 30.2 Å².